The lowest BCUT2D eigenvalue weighted by atomic mass is 9.93. The molecule has 2 aliphatic heterocycles. The Balaban J connectivity index is 1.80. The van der Waals surface area contributed by atoms with Crippen molar-refractivity contribution in [2.24, 2.45) is 0 Å². The molecule has 0 bridgehead atoms. The van der Waals surface area contributed by atoms with E-state index in [-0.39, 0.29) is 6.09 Å². The second-order valence-electron chi connectivity index (χ2n) is 5.42. The van der Waals surface area contributed by atoms with Crippen molar-refractivity contribution in [1.82, 2.24) is 14.9 Å². The lowest BCUT2D eigenvalue weighted by molar-refractivity contribution is 0.0443. The summed E-state index contributed by atoms with van der Waals surface area (Å²) in [6.07, 6.45) is 3.36. The zero-order valence-corrected chi connectivity index (χ0v) is 11.8. The Bertz CT molecular complexity index is 523. The number of nitrogens with one attached hydrogen (secondary N) is 1. The van der Waals surface area contributed by atoms with Gasteiger partial charge in [-0.25, -0.2) is 9.78 Å². The molecule has 1 amide bonds. The highest BCUT2D eigenvalue weighted by molar-refractivity contribution is 5.70. The SMILES string of the molecule is CNc1ccnc(N2CCC[C@@]3(CN(C)C(=O)O3)C2)n1. The van der Waals surface area contributed by atoms with Gasteiger partial charge in [-0.15, -0.1) is 0 Å². The smallest absolute Gasteiger partial charge is 0.410 e. The zero-order valence-electron chi connectivity index (χ0n) is 11.8. The van der Waals surface area contributed by atoms with Gasteiger partial charge in [-0.05, 0) is 18.9 Å². The summed E-state index contributed by atoms with van der Waals surface area (Å²) in [5.74, 6) is 1.47. The fraction of sp³-hybridized carbons (Fsp3) is 0.615. The summed E-state index contributed by atoms with van der Waals surface area (Å²) in [6, 6.07) is 1.83. The summed E-state index contributed by atoms with van der Waals surface area (Å²) in [4.78, 5) is 24.1. The number of hydrogen-bond acceptors (Lipinski definition) is 6. The number of ether oxygens (including phenoxy) is 1. The van der Waals surface area contributed by atoms with Crippen LogP contribution in [0.4, 0.5) is 16.6 Å². The molecule has 3 rings (SSSR count). The second kappa shape index (κ2) is 4.81. The maximum absolute atomic E-state index is 11.6. The van der Waals surface area contributed by atoms with E-state index in [9.17, 15) is 4.79 Å². The van der Waals surface area contributed by atoms with E-state index < -0.39 is 5.60 Å². The Morgan fingerprint density at radius 1 is 1.45 bits per heavy atom. The maximum atomic E-state index is 11.6. The zero-order chi connectivity index (χ0) is 14.2. The minimum absolute atomic E-state index is 0.239. The number of likely N-dealkylation sites (N-methyl/N-ethyl adjacent to an activating group) is 1. The largest absolute Gasteiger partial charge is 0.439 e. The average molecular weight is 277 g/mol. The molecule has 2 saturated heterocycles. The minimum atomic E-state index is -0.414. The van der Waals surface area contributed by atoms with Crippen LogP contribution < -0.4 is 10.2 Å². The van der Waals surface area contributed by atoms with Crippen LogP contribution in [0.25, 0.3) is 0 Å². The molecule has 2 aliphatic rings. The van der Waals surface area contributed by atoms with Crippen molar-refractivity contribution in [1.29, 1.82) is 0 Å². The van der Waals surface area contributed by atoms with Crippen LogP contribution in [-0.2, 0) is 4.74 Å². The van der Waals surface area contributed by atoms with Crippen LogP contribution in [0.3, 0.4) is 0 Å². The monoisotopic (exact) mass is 277 g/mol. The Labute approximate surface area is 117 Å². The molecule has 108 valence electrons. The quantitative estimate of drug-likeness (QED) is 0.867. The number of aromatic nitrogens is 2. The molecule has 0 saturated carbocycles. The van der Waals surface area contributed by atoms with Gasteiger partial charge in [0.2, 0.25) is 5.95 Å². The first-order valence-corrected chi connectivity index (χ1v) is 6.82. The van der Waals surface area contributed by atoms with Gasteiger partial charge >= 0.3 is 6.09 Å². The molecule has 20 heavy (non-hydrogen) atoms. The predicted octanol–water partition coefficient (Wildman–Crippen LogP) is 0.939. The van der Waals surface area contributed by atoms with Crippen LogP contribution in [0.2, 0.25) is 0 Å². The van der Waals surface area contributed by atoms with Crippen molar-refractivity contribution in [3.63, 3.8) is 0 Å². The van der Waals surface area contributed by atoms with Crippen molar-refractivity contribution in [3.05, 3.63) is 12.3 Å². The Kier molecular flexibility index (Phi) is 3.11. The first-order valence-electron chi connectivity index (χ1n) is 6.82. The topological polar surface area (TPSA) is 70.6 Å². The lowest BCUT2D eigenvalue weighted by Gasteiger charge is -2.38. The highest BCUT2D eigenvalue weighted by atomic mass is 16.6. The van der Waals surface area contributed by atoms with Crippen molar-refractivity contribution in [2.75, 3.05) is 43.9 Å². The first kappa shape index (κ1) is 13.0. The van der Waals surface area contributed by atoms with Gasteiger partial charge in [0, 0.05) is 26.8 Å². The summed E-state index contributed by atoms with van der Waals surface area (Å²) in [6.45, 7) is 2.17. The van der Waals surface area contributed by atoms with Gasteiger partial charge in [0.05, 0.1) is 13.1 Å². The van der Waals surface area contributed by atoms with Crippen LogP contribution in [-0.4, -0.2) is 60.3 Å². The highest BCUT2D eigenvalue weighted by Crippen LogP contribution is 2.32. The number of carbonyl (C=O) groups excluding carboxylic acids is 1. The fourth-order valence-electron chi connectivity index (χ4n) is 2.91. The molecular weight excluding hydrogens is 258 g/mol. The summed E-state index contributed by atoms with van der Waals surface area (Å²) in [7, 11) is 3.60. The number of amides is 1. The lowest BCUT2D eigenvalue weighted by Crippen LogP contribution is -2.51. The molecular formula is C13H19N5O2. The predicted molar refractivity (Wildman–Crippen MR) is 74.9 cm³/mol. The molecule has 2 fully saturated rings. The van der Waals surface area contributed by atoms with Crippen LogP contribution in [0, 0.1) is 0 Å². The standard InChI is InChI=1S/C13H19N5O2/c1-14-10-4-6-15-11(16-10)18-7-3-5-13(9-18)8-17(2)12(19)20-13/h4,6H,3,5,7-9H2,1-2H3,(H,14,15,16)/t13-/m1/s1. The normalized spacial score (nSPS) is 26.0. The van der Waals surface area contributed by atoms with E-state index in [1.165, 1.54) is 0 Å². The van der Waals surface area contributed by atoms with E-state index in [1.807, 2.05) is 13.1 Å². The third kappa shape index (κ3) is 2.23. The third-order valence-corrected chi connectivity index (χ3v) is 3.86. The number of anilines is 2. The molecule has 7 nitrogen and oxygen atoms in total. The van der Waals surface area contributed by atoms with Gasteiger partial charge in [-0.2, -0.15) is 4.98 Å². The average Bonchev–Trinajstić information content (AvgIpc) is 2.73. The molecule has 7 heteroatoms. The highest BCUT2D eigenvalue weighted by Gasteiger charge is 2.46. The Morgan fingerprint density at radius 2 is 2.30 bits per heavy atom. The maximum Gasteiger partial charge on any atom is 0.410 e. The van der Waals surface area contributed by atoms with Crippen LogP contribution in [0.1, 0.15) is 12.8 Å². The van der Waals surface area contributed by atoms with E-state index >= 15 is 0 Å². The van der Waals surface area contributed by atoms with Crippen molar-refractivity contribution < 1.29 is 9.53 Å². The van der Waals surface area contributed by atoms with Gasteiger partial charge < -0.3 is 19.9 Å². The molecule has 0 radical (unpaired) electrons. The van der Waals surface area contributed by atoms with Gasteiger partial charge in [0.25, 0.3) is 0 Å². The number of nitrogens with zero attached hydrogens (tertiary/aromatic N) is 4. The number of hydrogen-bond donors (Lipinski definition) is 1. The van der Waals surface area contributed by atoms with E-state index in [4.69, 9.17) is 4.74 Å². The van der Waals surface area contributed by atoms with Crippen LogP contribution in [0.5, 0.6) is 0 Å². The molecule has 1 atom stereocenters. The molecule has 1 aromatic rings. The molecule has 0 aliphatic carbocycles. The van der Waals surface area contributed by atoms with Gasteiger partial charge in [0.1, 0.15) is 11.4 Å². The Hall–Kier alpha value is -2.05. The van der Waals surface area contributed by atoms with E-state index in [0.29, 0.717) is 19.0 Å². The molecule has 1 N–H and O–H groups in total. The summed E-state index contributed by atoms with van der Waals surface area (Å²) in [5, 5.41) is 3.01. The minimum Gasteiger partial charge on any atom is -0.439 e. The van der Waals surface area contributed by atoms with Crippen molar-refractivity contribution in [3.8, 4) is 0 Å². The summed E-state index contributed by atoms with van der Waals surface area (Å²) in [5.41, 5.74) is -0.414. The number of carbonyl (C=O) groups is 1. The van der Waals surface area contributed by atoms with Crippen molar-refractivity contribution in [2.45, 2.75) is 18.4 Å². The molecule has 0 unspecified atom stereocenters. The van der Waals surface area contributed by atoms with E-state index in [0.717, 1.165) is 25.2 Å². The summed E-state index contributed by atoms with van der Waals surface area (Å²) >= 11 is 0. The molecule has 1 spiro atoms. The second-order valence-corrected chi connectivity index (χ2v) is 5.42. The molecule has 3 heterocycles. The molecule has 1 aromatic heterocycles. The first-order chi connectivity index (χ1) is 9.62. The Morgan fingerprint density at radius 3 is 3.00 bits per heavy atom. The molecule has 0 aromatic carbocycles. The van der Waals surface area contributed by atoms with Crippen LogP contribution >= 0.6 is 0 Å². The third-order valence-electron chi connectivity index (χ3n) is 3.86. The fourth-order valence-corrected chi connectivity index (χ4v) is 2.91. The number of rotatable bonds is 2. The van der Waals surface area contributed by atoms with Gasteiger partial charge in [-0.3, -0.25) is 0 Å². The van der Waals surface area contributed by atoms with Gasteiger partial charge in [-0.1, -0.05) is 0 Å². The van der Waals surface area contributed by atoms with E-state index in [2.05, 4.69) is 20.2 Å². The number of piperidine rings is 1. The van der Waals surface area contributed by atoms with Crippen molar-refractivity contribution >= 4 is 17.9 Å². The summed E-state index contributed by atoms with van der Waals surface area (Å²) < 4.78 is 5.58. The van der Waals surface area contributed by atoms with E-state index in [1.54, 1.807) is 18.1 Å². The van der Waals surface area contributed by atoms with Gasteiger partial charge in [0.15, 0.2) is 0 Å². The van der Waals surface area contributed by atoms with Crippen LogP contribution in [0.15, 0.2) is 12.3 Å².